The number of nitrogens with zero attached hydrogens (tertiary/aromatic N) is 4. The normalized spacial score (nSPS) is 10.9. The second-order valence-electron chi connectivity index (χ2n) is 6.67. The third kappa shape index (κ3) is 3.37. The SMILES string of the molecule is O=C(Nc1ccc(NC(=O)c2cn3ccccc3n2)cc1)c1cn2ccccc2n1. The van der Waals surface area contributed by atoms with Crippen molar-refractivity contribution in [3.63, 3.8) is 0 Å². The Balaban J connectivity index is 1.26. The van der Waals surface area contributed by atoms with Gasteiger partial charge in [0.1, 0.15) is 22.7 Å². The number of aromatic nitrogens is 4. The van der Waals surface area contributed by atoms with Crippen molar-refractivity contribution in [2.75, 3.05) is 10.6 Å². The molecule has 8 nitrogen and oxygen atoms in total. The van der Waals surface area contributed by atoms with E-state index in [1.807, 2.05) is 48.8 Å². The van der Waals surface area contributed by atoms with Crippen LogP contribution in [0.5, 0.6) is 0 Å². The van der Waals surface area contributed by atoms with Crippen molar-refractivity contribution in [3.05, 3.63) is 96.8 Å². The average Bonchev–Trinajstić information content (AvgIpc) is 3.39. The van der Waals surface area contributed by atoms with Gasteiger partial charge in [-0.1, -0.05) is 12.1 Å². The summed E-state index contributed by atoms with van der Waals surface area (Å²) in [6, 6.07) is 18.0. The van der Waals surface area contributed by atoms with Crippen LogP contribution in [0.15, 0.2) is 85.5 Å². The van der Waals surface area contributed by atoms with Crippen LogP contribution in [-0.4, -0.2) is 30.6 Å². The molecule has 0 saturated heterocycles. The van der Waals surface area contributed by atoms with Gasteiger partial charge in [-0.15, -0.1) is 0 Å². The first-order valence-corrected chi connectivity index (χ1v) is 9.26. The number of amides is 2. The van der Waals surface area contributed by atoms with Gasteiger partial charge >= 0.3 is 0 Å². The van der Waals surface area contributed by atoms with Crippen LogP contribution in [-0.2, 0) is 0 Å². The number of rotatable bonds is 4. The quantitative estimate of drug-likeness (QED) is 0.486. The molecule has 0 saturated carbocycles. The number of benzene rings is 1. The molecule has 2 amide bonds. The van der Waals surface area contributed by atoms with Gasteiger partial charge in [-0.25, -0.2) is 9.97 Å². The van der Waals surface area contributed by atoms with Gasteiger partial charge in [0.15, 0.2) is 0 Å². The van der Waals surface area contributed by atoms with Gasteiger partial charge in [0.2, 0.25) is 0 Å². The summed E-state index contributed by atoms with van der Waals surface area (Å²) in [4.78, 5) is 33.5. The van der Waals surface area contributed by atoms with E-state index in [9.17, 15) is 9.59 Å². The Morgan fingerprint density at radius 1 is 0.633 bits per heavy atom. The molecule has 0 aliphatic rings. The Labute approximate surface area is 170 Å². The Bertz CT molecular complexity index is 1210. The van der Waals surface area contributed by atoms with Crippen LogP contribution in [0.25, 0.3) is 11.3 Å². The molecule has 4 heterocycles. The highest BCUT2D eigenvalue weighted by molar-refractivity contribution is 6.04. The molecule has 0 aliphatic carbocycles. The lowest BCUT2D eigenvalue weighted by atomic mass is 10.2. The highest BCUT2D eigenvalue weighted by atomic mass is 16.2. The van der Waals surface area contributed by atoms with E-state index in [2.05, 4.69) is 20.6 Å². The van der Waals surface area contributed by atoms with Crippen LogP contribution >= 0.6 is 0 Å². The Kier molecular flexibility index (Phi) is 4.21. The minimum atomic E-state index is -0.305. The number of hydrogen-bond acceptors (Lipinski definition) is 4. The zero-order valence-corrected chi connectivity index (χ0v) is 15.7. The average molecular weight is 396 g/mol. The first-order chi connectivity index (χ1) is 14.7. The number of carbonyl (C=O) groups excluding carboxylic acids is 2. The monoisotopic (exact) mass is 396 g/mol. The molecule has 146 valence electrons. The lowest BCUT2D eigenvalue weighted by molar-refractivity contribution is 0.101. The summed E-state index contributed by atoms with van der Waals surface area (Å²) in [7, 11) is 0. The maximum absolute atomic E-state index is 12.4. The largest absolute Gasteiger partial charge is 0.321 e. The number of carbonyl (C=O) groups is 2. The molecule has 2 N–H and O–H groups in total. The highest BCUT2D eigenvalue weighted by Crippen LogP contribution is 2.16. The maximum atomic E-state index is 12.4. The predicted octanol–water partition coefficient (Wildman–Crippen LogP) is 3.49. The van der Waals surface area contributed by atoms with Gasteiger partial charge in [0.25, 0.3) is 11.8 Å². The van der Waals surface area contributed by atoms with Crippen molar-refractivity contribution in [1.29, 1.82) is 0 Å². The molecule has 0 fully saturated rings. The molecule has 30 heavy (non-hydrogen) atoms. The van der Waals surface area contributed by atoms with Gasteiger partial charge in [0, 0.05) is 36.2 Å². The van der Waals surface area contributed by atoms with Crippen molar-refractivity contribution in [3.8, 4) is 0 Å². The summed E-state index contributed by atoms with van der Waals surface area (Å²) < 4.78 is 3.57. The number of nitrogens with one attached hydrogen (secondary N) is 2. The number of imidazole rings is 2. The van der Waals surface area contributed by atoms with Crippen LogP contribution in [0.1, 0.15) is 21.0 Å². The first kappa shape index (κ1) is 17.6. The van der Waals surface area contributed by atoms with Gasteiger partial charge < -0.3 is 19.4 Å². The van der Waals surface area contributed by atoms with E-state index in [1.165, 1.54) is 0 Å². The Morgan fingerprint density at radius 2 is 1.07 bits per heavy atom. The molecule has 0 bridgehead atoms. The molecule has 0 radical (unpaired) electrons. The summed E-state index contributed by atoms with van der Waals surface area (Å²) in [5, 5.41) is 5.61. The smallest absolute Gasteiger partial charge is 0.275 e. The molecular formula is C22H16N6O2. The van der Waals surface area contributed by atoms with Crippen LogP contribution in [0.2, 0.25) is 0 Å². The summed E-state index contributed by atoms with van der Waals surface area (Å²) in [5.74, 6) is -0.611. The Morgan fingerprint density at radius 3 is 1.47 bits per heavy atom. The summed E-state index contributed by atoms with van der Waals surface area (Å²) in [5.41, 5.74) is 3.25. The van der Waals surface area contributed by atoms with E-state index < -0.39 is 0 Å². The van der Waals surface area contributed by atoms with Crippen LogP contribution < -0.4 is 10.6 Å². The molecule has 1 aromatic carbocycles. The topological polar surface area (TPSA) is 92.8 Å². The van der Waals surface area contributed by atoms with E-state index in [1.54, 1.807) is 45.5 Å². The van der Waals surface area contributed by atoms with E-state index >= 15 is 0 Å². The third-order valence-corrected chi connectivity index (χ3v) is 4.59. The third-order valence-electron chi connectivity index (χ3n) is 4.59. The van der Waals surface area contributed by atoms with Crippen molar-refractivity contribution >= 4 is 34.5 Å². The van der Waals surface area contributed by atoms with Gasteiger partial charge in [0.05, 0.1) is 0 Å². The summed E-state index contributed by atoms with van der Waals surface area (Å²) in [6.45, 7) is 0. The standard InChI is InChI=1S/C22H16N6O2/c29-21(17-13-27-11-3-1-5-19(27)25-17)23-15-7-9-16(10-8-15)24-22(30)18-14-28-12-4-2-6-20(28)26-18/h1-14H,(H,23,29)(H,24,30). The van der Waals surface area contributed by atoms with E-state index in [0.717, 1.165) is 0 Å². The molecule has 0 unspecified atom stereocenters. The fraction of sp³-hybridized carbons (Fsp3) is 0. The number of fused-ring (bicyclic) bond motifs is 2. The second kappa shape index (κ2) is 7.17. The van der Waals surface area contributed by atoms with E-state index in [4.69, 9.17) is 0 Å². The van der Waals surface area contributed by atoms with Crippen LogP contribution in [0, 0.1) is 0 Å². The fourth-order valence-corrected chi connectivity index (χ4v) is 3.12. The van der Waals surface area contributed by atoms with Crippen molar-refractivity contribution in [1.82, 2.24) is 18.8 Å². The lowest BCUT2D eigenvalue weighted by Gasteiger charge is -2.06. The van der Waals surface area contributed by atoms with Gasteiger partial charge in [-0.05, 0) is 48.5 Å². The molecule has 0 spiro atoms. The van der Waals surface area contributed by atoms with Crippen LogP contribution in [0.4, 0.5) is 11.4 Å². The molecule has 4 aromatic heterocycles. The molecule has 0 aliphatic heterocycles. The minimum absolute atomic E-state index is 0.305. The highest BCUT2D eigenvalue weighted by Gasteiger charge is 2.13. The first-order valence-electron chi connectivity index (χ1n) is 9.26. The van der Waals surface area contributed by atoms with Gasteiger partial charge in [-0.3, -0.25) is 9.59 Å². The van der Waals surface area contributed by atoms with E-state index in [-0.39, 0.29) is 11.8 Å². The number of anilines is 2. The van der Waals surface area contributed by atoms with Gasteiger partial charge in [-0.2, -0.15) is 0 Å². The molecule has 8 heteroatoms. The van der Waals surface area contributed by atoms with Crippen molar-refractivity contribution in [2.24, 2.45) is 0 Å². The molecular weight excluding hydrogens is 380 g/mol. The zero-order chi connectivity index (χ0) is 20.5. The van der Waals surface area contributed by atoms with Crippen LogP contribution in [0.3, 0.4) is 0 Å². The molecule has 5 rings (SSSR count). The zero-order valence-electron chi connectivity index (χ0n) is 15.7. The van der Waals surface area contributed by atoms with E-state index in [0.29, 0.717) is 34.1 Å². The molecule has 0 atom stereocenters. The number of pyridine rings is 2. The minimum Gasteiger partial charge on any atom is -0.321 e. The maximum Gasteiger partial charge on any atom is 0.275 e. The number of hydrogen-bond donors (Lipinski definition) is 2. The lowest BCUT2D eigenvalue weighted by Crippen LogP contribution is -2.13. The summed E-state index contributed by atoms with van der Waals surface area (Å²) >= 11 is 0. The fourth-order valence-electron chi connectivity index (χ4n) is 3.12. The van der Waals surface area contributed by atoms with Crippen molar-refractivity contribution in [2.45, 2.75) is 0 Å². The Hall–Kier alpha value is -4.46. The summed E-state index contributed by atoms with van der Waals surface area (Å²) in [6.07, 6.45) is 7.02. The second-order valence-corrected chi connectivity index (χ2v) is 6.67. The predicted molar refractivity (Wildman–Crippen MR) is 113 cm³/mol. The molecule has 5 aromatic rings. The van der Waals surface area contributed by atoms with Crippen molar-refractivity contribution < 1.29 is 9.59 Å².